The fourth-order valence-electron chi connectivity index (χ4n) is 3.67. The van der Waals surface area contributed by atoms with E-state index in [0.29, 0.717) is 37.7 Å². The minimum atomic E-state index is -0.521. The van der Waals surface area contributed by atoms with Crippen molar-refractivity contribution in [2.75, 3.05) is 13.1 Å². The zero-order chi connectivity index (χ0) is 21.7. The predicted molar refractivity (Wildman–Crippen MR) is 114 cm³/mol. The van der Waals surface area contributed by atoms with E-state index in [-0.39, 0.29) is 17.5 Å². The van der Waals surface area contributed by atoms with Gasteiger partial charge in [0.15, 0.2) is 0 Å². The summed E-state index contributed by atoms with van der Waals surface area (Å²) in [4.78, 5) is 38.2. The van der Waals surface area contributed by atoms with Crippen LogP contribution >= 0.6 is 0 Å². The van der Waals surface area contributed by atoms with Crippen molar-refractivity contribution in [1.29, 1.82) is 0 Å². The van der Waals surface area contributed by atoms with E-state index in [9.17, 15) is 14.4 Å². The lowest BCUT2D eigenvalue weighted by Gasteiger charge is -2.33. The zero-order valence-corrected chi connectivity index (χ0v) is 17.9. The average molecular weight is 415 g/mol. The van der Waals surface area contributed by atoms with E-state index in [1.165, 1.54) is 0 Å². The quantitative estimate of drug-likeness (QED) is 0.783. The minimum Gasteiger partial charge on any atom is -0.444 e. The lowest BCUT2D eigenvalue weighted by molar-refractivity contribution is -0.132. The second kappa shape index (κ2) is 9.28. The van der Waals surface area contributed by atoms with Crippen LogP contribution in [0.15, 0.2) is 29.1 Å². The molecule has 1 aromatic carbocycles. The smallest absolute Gasteiger partial charge is 0.407 e. The molecular weight excluding hydrogens is 384 g/mol. The summed E-state index contributed by atoms with van der Waals surface area (Å²) in [6.45, 7) is 6.75. The molecule has 0 aliphatic carbocycles. The summed E-state index contributed by atoms with van der Waals surface area (Å²) >= 11 is 0. The van der Waals surface area contributed by atoms with Crippen LogP contribution in [0.5, 0.6) is 0 Å². The number of rotatable bonds is 5. The molecule has 0 spiro atoms. The fraction of sp³-hybridized carbons (Fsp3) is 0.545. The normalized spacial score (nSPS) is 15.2. The number of piperidine rings is 1. The highest BCUT2D eigenvalue weighted by molar-refractivity contribution is 5.83. The van der Waals surface area contributed by atoms with Crippen LogP contribution in [-0.4, -0.2) is 51.8 Å². The largest absolute Gasteiger partial charge is 0.444 e. The molecule has 1 aromatic heterocycles. The molecule has 0 saturated carbocycles. The summed E-state index contributed by atoms with van der Waals surface area (Å²) < 4.78 is 5.29. The summed E-state index contributed by atoms with van der Waals surface area (Å²) in [7, 11) is 0. The number of carbonyl (C=O) groups excluding carboxylic acids is 2. The van der Waals surface area contributed by atoms with Crippen molar-refractivity contribution >= 4 is 22.8 Å². The highest BCUT2D eigenvalue weighted by Crippen LogP contribution is 2.17. The maximum absolute atomic E-state index is 12.6. The SMILES string of the molecule is CC(C)(C)OC(=O)NC1CCN(C(=O)CCCc2n[nH]c(=O)c3ccccc23)CC1. The van der Waals surface area contributed by atoms with Gasteiger partial charge >= 0.3 is 6.09 Å². The van der Waals surface area contributed by atoms with Crippen molar-refractivity contribution in [3.05, 3.63) is 40.3 Å². The predicted octanol–water partition coefficient (Wildman–Crippen LogP) is 2.76. The Hall–Kier alpha value is -2.90. The number of benzene rings is 1. The first-order valence-corrected chi connectivity index (χ1v) is 10.5. The van der Waals surface area contributed by atoms with Gasteiger partial charge in [-0.3, -0.25) is 9.59 Å². The van der Waals surface area contributed by atoms with Crippen LogP contribution in [0, 0.1) is 0 Å². The number of amides is 2. The Morgan fingerprint density at radius 3 is 2.53 bits per heavy atom. The molecule has 1 aliphatic rings. The van der Waals surface area contributed by atoms with Crippen LogP contribution in [0.4, 0.5) is 4.79 Å². The minimum absolute atomic E-state index is 0.0283. The van der Waals surface area contributed by atoms with Crippen LogP contribution in [0.1, 0.15) is 52.1 Å². The van der Waals surface area contributed by atoms with Crippen molar-refractivity contribution in [3.8, 4) is 0 Å². The molecule has 0 radical (unpaired) electrons. The van der Waals surface area contributed by atoms with Crippen LogP contribution in [-0.2, 0) is 16.0 Å². The summed E-state index contributed by atoms with van der Waals surface area (Å²) in [5.74, 6) is 0.111. The van der Waals surface area contributed by atoms with E-state index in [1.807, 2.05) is 43.9 Å². The first kappa shape index (κ1) is 21.8. The van der Waals surface area contributed by atoms with Gasteiger partial charge in [-0.1, -0.05) is 18.2 Å². The number of carbonyl (C=O) groups is 2. The first-order valence-electron chi connectivity index (χ1n) is 10.5. The number of H-pyrrole nitrogens is 1. The molecule has 2 heterocycles. The van der Waals surface area contributed by atoms with E-state index in [0.717, 1.165) is 23.9 Å². The molecule has 3 rings (SSSR count). The molecule has 2 aromatic rings. The number of ether oxygens (including phenoxy) is 1. The molecule has 0 unspecified atom stereocenters. The van der Waals surface area contributed by atoms with Gasteiger partial charge in [0.25, 0.3) is 5.56 Å². The summed E-state index contributed by atoms with van der Waals surface area (Å²) in [6, 6.07) is 7.40. The number of likely N-dealkylation sites (tertiary alicyclic amines) is 1. The number of aromatic amines is 1. The van der Waals surface area contributed by atoms with Gasteiger partial charge in [-0.25, -0.2) is 9.89 Å². The molecule has 1 fully saturated rings. The summed E-state index contributed by atoms with van der Waals surface area (Å²) in [6.07, 6.45) is 2.75. The highest BCUT2D eigenvalue weighted by Gasteiger charge is 2.25. The van der Waals surface area contributed by atoms with Gasteiger partial charge in [-0.05, 0) is 52.5 Å². The highest BCUT2D eigenvalue weighted by atomic mass is 16.6. The molecule has 2 N–H and O–H groups in total. The van der Waals surface area contributed by atoms with Gasteiger partial charge in [-0.15, -0.1) is 0 Å². The number of hydrogen-bond acceptors (Lipinski definition) is 5. The molecule has 8 nitrogen and oxygen atoms in total. The molecule has 2 amide bonds. The Labute approximate surface area is 176 Å². The third-order valence-corrected chi connectivity index (χ3v) is 5.15. The topological polar surface area (TPSA) is 104 Å². The Morgan fingerprint density at radius 1 is 1.20 bits per heavy atom. The van der Waals surface area contributed by atoms with Crippen molar-refractivity contribution in [3.63, 3.8) is 0 Å². The van der Waals surface area contributed by atoms with Crippen molar-refractivity contribution in [1.82, 2.24) is 20.4 Å². The number of aryl methyl sites for hydroxylation is 1. The molecule has 162 valence electrons. The Morgan fingerprint density at radius 2 is 1.87 bits per heavy atom. The van der Waals surface area contributed by atoms with E-state index in [2.05, 4.69) is 15.5 Å². The van der Waals surface area contributed by atoms with Crippen molar-refractivity contribution in [2.45, 2.75) is 64.5 Å². The molecule has 1 aliphatic heterocycles. The first-order chi connectivity index (χ1) is 14.2. The zero-order valence-electron chi connectivity index (χ0n) is 17.9. The second-order valence-electron chi connectivity index (χ2n) is 8.70. The Balaban J connectivity index is 1.44. The van der Waals surface area contributed by atoms with Crippen molar-refractivity contribution < 1.29 is 14.3 Å². The lowest BCUT2D eigenvalue weighted by Crippen LogP contribution is -2.47. The Bertz CT molecular complexity index is 955. The van der Waals surface area contributed by atoms with E-state index in [4.69, 9.17) is 4.74 Å². The molecule has 1 saturated heterocycles. The third kappa shape index (κ3) is 5.81. The molecule has 0 bridgehead atoms. The number of alkyl carbamates (subject to hydrolysis) is 1. The van der Waals surface area contributed by atoms with E-state index < -0.39 is 11.7 Å². The molecule has 0 atom stereocenters. The van der Waals surface area contributed by atoms with Gasteiger partial charge < -0.3 is 15.0 Å². The summed E-state index contributed by atoms with van der Waals surface area (Å²) in [5, 5.41) is 11.0. The van der Waals surface area contributed by atoms with Crippen LogP contribution in [0.3, 0.4) is 0 Å². The molecular formula is C22H30N4O4. The number of nitrogens with zero attached hydrogens (tertiary/aromatic N) is 2. The standard InChI is InChI=1S/C22H30N4O4/c1-22(2,3)30-21(29)23-15-11-13-26(14-12-15)19(27)10-6-9-18-16-7-4-5-8-17(16)20(28)25-24-18/h4-5,7-8,15H,6,9-14H2,1-3H3,(H,23,29)(H,25,28). The van der Waals surface area contributed by atoms with Crippen LogP contribution in [0.2, 0.25) is 0 Å². The average Bonchev–Trinajstić information content (AvgIpc) is 2.69. The number of hydrogen-bond donors (Lipinski definition) is 2. The number of aromatic nitrogens is 2. The molecule has 30 heavy (non-hydrogen) atoms. The van der Waals surface area contributed by atoms with Gasteiger partial charge in [0.2, 0.25) is 5.91 Å². The van der Waals surface area contributed by atoms with Gasteiger partial charge in [0, 0.05) is 30.9 Å². The van der Waals surface area contributed by atoms with Crippen molar-refractivity contribution in [2.24, 2.45) is 0 Å². The monoisotopic (exact) mass is 414 g/mol. The number of nitrogens with one attached hydrogen (secondary N) is 2. The Kier molecular flexibility index (Phi) is 6.74. The lowest BCUT2D eigenvalue weighted by atomic mass is 10.0. The van der Waals surface area contributed by atoms with Gasteiger partial charge in [0.05, 0.1) is 11.1 Å². The second-order valence-corrected chi connectivity index (χ2v) is 8.70. The maximum atomic E-state index is 12.6. The van der Waals surface area contributed by atoms with Crippen LogP contribution in [0.25, 0.3) is 10.8 Å². The third-order valence-electron chi connectivity index (χ3n) is 5.15. The van der Waals surface area contributed by atoms with Gasteiger partial charge in [-0.2, -0.15) is 5.10 Å². The van der Waals surface area contributed by atoms with Crippen LogP contribution < -0.4 is 10.9 Å². The van der Waals surface area contributed by atoms with E-state index in [1.54, 1.807) is 6.07 Å². The van der Waals surface area contributed by atoms with E-state index >= 15 is 0 Å². The number of fused-ring (bicyclic) bond motifs is 1. The van der Waals surface area contributed by atoms with Gasteiger partial charge in [0.1, 0.15) is 5.60 Å². The molecule has 8 heteroatoms. The maximum Gasteiger partial charge on any atom is 0.407 e. The fourth-order valence-corrected chi connectivity index (χ4v) is 3.67. The summed E-state index contributed by atoms with van der Waals surface area (Å²) in [5.41, 5.74) is 0.0822.